The summed E-state index contributed by atoms with van der Waals surface area (Å²) in [6.45, 7) is 0. The Bertz CT molecular complexity index is 1020. The molecular weight excluding hydrogens is 378 g/mol. The quantitative estimate of drug-likeness (QED) is 0.644. The van der Waals surface area contributed by atoms with Crippen molar-refractivity contribution >= 4 is 0 Å². The van der Waals surface area contributed by atoms with Gasteiger partial charge in [0.05, 0.1) is 34.5 Å². The number of hydrogen-bond donors (Lipinski definition) is 1. The molecule has 0 amide bonds. The molecule has 0 saturated carbocycles. The molecule has 1 aliphatic heterocycles. The molecule has 0 radical (unpaired) electrons. The molecule has 3 aromatic rings. The highest BCUT2D eigenvalue weighted by Crippen LogP contribution is 2.42. The third-order valence-corrected chi connectivity index (χ3v) is 5.69. The van der Waals surface area contributed by atoms with Crippen molar-refractivity contribution in [2.75, 3.05) is 28.4 Å². The Hall–Kier alpha value is -3.18. The highest BCUT2D eigenvalue weighted by Gasteiger charge is 2.30. The van der Waals surface area contributed by atoms with E-state index in [9.17, 15) is 0 Å². The van der Waals surface area contributed by atoms with Crippen LogP contribution in [0.3, 0.4) is 0 Å². The zero-order valence-corrected chi connectivity index (χ0v) is 17.8. The van der Waals surface area contributed by atoms with E-state index in [-0.39, 0.29) is 12.1 Å². The van der Waals surface area contributed by atoms with Gasteiger partial charge in [0.25, 0.3) is 0 Å². The zero-order valence-electron chi connectivity index (χ0n) is 17.8. The van der Waals surface area contributed by atoms with Gasteiger partial charge in [-0.1, -0.05) is 36.4 Å². The third kappa shape index (κ3) is 3.68. The molecule has 0 aromatic heterocycles. The van der Waals surface area contributed by atoms with Crippen molar-refractivity contribution in [2.24, 2.45) is 0 Å². The first kappa shape index (κ1) is 20.1. The van der Waals surface area contributed by atoms with Crippen LogP contribution in [0.4, 0.5) is 0 Å². The van der Waals surface area contributed by atoms with E-state index in [0.717, 1.165) is 35.0 Å². The van der Waals surface area contributed by atoms with Gasteiger partial charge < -0.3 is 18.9 Å². The monoisotopic (exact) mass is 405 g/mol. The molecule has 5 heteroatoms. The predicted molar refractivity (Wildman–Crippen MR) is 117 cm³/mol. The summed E-state index contributed by atoms with van der Waals surface area (Å²) in [6, 6.07) is 20.9. The van der Waals surface area contributed by atoms with Crippen LogP contribution in [0.2, 0.25) is 0 Å². The van der Waals surface area contributed by atoms with Gasteiger partial charge in [-0.2, -0.15) is 0 Å². The molecule has 2 atom stereocenters. The topological polar surface area (TPSA) is 49.0 Å². The molecule has 0 unspecified atom stereocenters. The summed E-state index contributed by atoms with van der Waals surface area (Å²) < 4.78 is 22.1. The largest absolute Gasteiger partial charge is 0.493 e. The second-order valence-corrected chi connectivity index (χ2v) is 7.29. The van der Waals surface area contributed by atoms with E-state index in [2.05, 4.69) is 47.8 Å². The number of ether oxygens (including phenoxy) is 4. The highest BCUT2D eigenvalue weighted by molar-refractivity contribution is 5.53. The van der Waals surface area contributed by atoms with Crippen LogP contribution in [0.5, 0.6) is 23.0 Å². The standard InChI is InChI=1S/C25H27NO4/c1-27-21-11-10-17(13-22(21)28-2)20-12-18-14-23(29-3)24(30-4)15-19(18)25(26-20)16-8-6-5-7-9-16/h5-11,13-15,20,25-26H,12H2,1-4H3/t20-,25-/m0/s1. The maximum atomic E-state index is 5.57. The van der Waals surface area contributed by atoms with Crippen molar-refractivity contribution in [2.45, 2.75) is 18.5 Å². The Labute approximate surface area is 177 Å². The lowest BCUT2D eigenvalue weighted by Gasteiger charge is -2.35. The molecule has 0 fully saturated rings. The molecular formula is C25H27NO4. The van der Waals surface area contributed by atoms with Crippen molar-refractivity contribution in [3.8, 4) is 23.0 Å². The molecule has 0 aliphatic carbocycles. The minimum absolute atomic E-state index is 0.0350. The van der Waals surface area contributed by atoms with Gasteiger partial charge in [-0.15, -0.1) is 0 Å². The fraction of sp³-hybridized carbons (Fsp3) is 0.280. The summed E-state index contributed by atoms with van der Waals surface area (Å²) in [6.07, 6.45) is 0.828. The normalized spacial score (nSPS) is 17.7. The first-order valence-corrected chi connectivity index (χ1v) is 9.96. The van der Waals surface area contributed by atoms with E-state index >= 15 is 0 Å². The van der Waals surface area contributed by atoms with E-state index in [4.69, 9.17) is 18.9 Å². The Morgan fingerprint density at radius 3 is 1.97 bits per heavy atom. The number of methoxy groups -OCH3 is 4. The average molecular weight is 405 g/mol. The van der Waals surface area contributed by atoms with Gasteiger partial charge in [0.15, 0.2) is 23.0 Å². The Morgan fingerprint density at radius 2 is 1.30 bits per heavy atom. The molecule has 1 N–H and O–H groups in total. The summed E-state index contributed by atoms with van der Waals surface area (Å²) in [5, 5.41) is 3.83. The predicted octanol–water partition coefficient (Wildman–Crippen LogP) is 4.70. The molecule has 1 heterocycles. The van der Waals surface area contributed by atoms with Crippen LogP contribution in [0, 0.1) is 0 Å². The summed E-state index contributed by atoms with van der Waals surface area (Å²) in [5.74, 6) is 2.94. The third-order valence-electron chi connectivity index (χ3n) is 5.69. The summed E-state index contributed by atoms with van der Waals surface area (Å²) in [5.41, 5.74) is 4.79. The fourth-order valence-corrected chi connectivity index (χ4v) is 4.16. The van der Waals surface area contributed by atoms with E-state index in [1.165, 1.54) is 16.7 Å². The van der Waals surface area contributed by atoms with E-state index in [1.807, 2.05) is 18.2 Å². The van der Waals surface area contributed by atoms with Crippen LogP contribution < -0.4 is 24.3 Å². The van der Waals surface area contributed by atoms with Gasteiger partial charge in [0.1, 0.15) is 0 Å². The van der Waals surface area contributed by atoms with Gasteiger partial charge in [-0.3, -0.25) is 5.32 Å². The minimum Gasteiger partial charge on any atom is -0.493 e. The molecule has 30 heavy (non-hydrogen) atoms. The number of rotatable bonds is 6. The Kier molecular flexibility index (Phi) is 5.81. The van der Waals surface area contributed by atoms with Crippen molar-refractivity contribution in [3.63, 3.8) is 0 Å². The molecule has 3 aromatic carbocycles. The Balaban J connectivity index is 1.80. The van der Waals surface area contributed by atoms with Crippen LogP contribution >= 0.6 is 0 Å². The summed E-state index contributed by atoms with van der Waals surface area (Å²) in [4.78, 5) is 0. The molecule has 0 spiro atoms. The lowest BCUT2D eigenvalue weighted by Crippen LogP contribution is -2.34. The Morgan fingerprint density at radius 1 is 0.667 bits per heavy atom. The fourth-order valence-electron chi connectivity index (χ4n) is 4.16. The van der Waals surface area contributed by atoms with Crippen LogP contribution in [-0.2, 0) is 6.42 Å². The first-order chi connectivity index (χ1) is 14.7. The maximum absolute atomic E-state index is 5.57. The van der Waals surface area contributed by atoms with Crippen molar-refractivity contribution in [3.05, 3.63) is 82.9 Å². The van der Waals surface area contributed by atoms with Crippen LogP contribution in [0.25, 0.3) is 0 Å². The van der Waals surface area contributed by atoms with Gasteiger partial charge in [0.2, 0.25) is 0 Å². The average Bonchev–Trinajstić information content (AvgIpc) is 2.82. The molecule has 1 aliphatic rings. The van der Waals surface area contributed by atoms with Crippen molar-refractivity contribution < 1.29 is 18.9 Å². The first-order valence-electron chi connectivity index (χ1n) is 9.96. The summed E-state index contributed by atoms with van der Waals surface area (Å²) >= 11 is 0. The summed E-state index contributed by atoms with van der Waals surface area (Å²) in [7, 11) is 6.66. The van der Waals surface area contributed by atoms with E-state index in [0.29, 0.717) is 0 Å². The number of benzene rings is 3. The van der Waals surface area contributed by atoms with Gasteiger partial charge in [-0.25, -0.2) is 0 Å². The molecule has 4 rings (SSSR count). The molecule has 0 saturated heterocycles. The van der Waals surface area contributed by atoms with Crippen LogP contribution in [-0.4, -0.2) is 28.4 Å². The number of nitrogens with one attached hydrogen (secondary N) is 1. The molecule has 0 bridgehead atoms. The molecule has 5 nitrogen and oxygen atoms in total. The second kappa shape index (κ2) is 8.67. The minimum atomic E-state index is 0.0350. The lowest BCUT2D eigenvalue weighted by atomic mass is 9.84. The van der Waals surface area contributed by atoms with Crippen molar-refractivity contribution in [1.29, 1.82) is 0 Å². The number of hydrogen-bond acceptors (Lipinski definition) is 5. The van der Waals surface area contributed by atoms with Gasteiger partial charge in [0, 0.05) is 6.04 Å². The zero-order chi connectivity index (χ0) is 21.1. The van der Waals surface area contributed by atoms with Crippen LogP contribution in [0.1, 0.15) is 34.3 Å². The van der Waals surface area contributed by atoms with Crippen LogP contribution in [0.15, 0.2) is 60.7 Å². The number of fused-ring (bicyclic) bond motifs is 1. The highest BCUT2D eigenvalue weighted by atomic mass is 16.5. The second-order valence-electron chi connectivity index (χ2n) is 7.29. The van der Waals surface area contributed by atoms with E-state index < -0.39 is 0 Å². The lowest BCUT2D eigenvalue weighted by molar-refractivity contribution is 0.349. The van der Waals surface area contributed by atoms with Gasteiger partial charge >= 0.3 is 0 Å². The maximum Gasteiger partial charge on any atom is 0.161 e. The molecule has 156 valence electrons. The SMILES string of the molecule is COc1ccc([C@@H]2Cc3cc(OC)c(OC)cc3[C@H](c3ccccc3)N2)cc1OC. The van der Waals surface area contributed by atoms with E-state index in [1.54, 1.807) is 28.4 Å². The smallest absolute Gasteiger partial charge is 0.161 e. The van der Waals surface area contributed by atoms with Crippen molar-refractivity contribution in [1.82, 2.24) is 5.32 Å². The van der Waals surface area contributed by atoms with Gasteiger partial charge in [-0.05, 0) is 52.9 Å².